The van der Waals surface area contributed by atoms with Crippen LogP contribution in [0.4, 0.5) is 11.4 Å². The first kappa shape index (κ1) is 13.3. The number of nitrogens with zero attached hydrogens (tertiary/aromatic N) is 1. The fourth-order valence-corrected chi connectivity index (χ4v) is 1.75. The molecule has 0 saturated carbocycles. The van der Waals surface area contributed by atoms with Crippen molar-refractivity contribution in [2.24, 2.45) is 5.84 Å². The third kappa shape index (κ3) is 3.01. The van der Waals surface area contributed by atoms with Crippen LogP contribution in [0.3, 0.4) is 0 Å². The van der Waals surface area contributed by atoms with E-state index < -0.39 is 0 Å². The average molecular weight is 277 g/mol. The topological polar surface area (TPSA) is 80.0 Å². The minimum atomic E-state index is -0.305. The van der Waals surface area contributed by atoms with E-state index in [1.165, 1.54) is 6.20 Å². The summed E-state index contributed by atoms with van der Waals surface area (Å²) in [6.45, 7) is 1.89. The van der Waals surface area contributed by atoms with Crippen LogP contribution in [0.25, 0.3) is 0 Å². The molecule has 1 heterocycles. The number of hydrogen-bond donors (Lipinski definition) is 3. The normalized spacial score (nSPS) is 10.1. The van der Waals surface area contributed by atoms with Crippen LogP contribution < -0.4 is 16.6 Å². The molecule has 0 bridgehead atoms. The summed E-state index contributed by atoms with van der Waals surface area (Å²) in [6, 6.07) is 6.94. The van der Waals surface area contributed by atoms with Gasteiger partial charge in [-0.25, -0.2) is 0 Å². The second-order valence-electron chi connectivity index (χ2n) is 3.98. The van der Waals surface area contributed by atoms with Gasteiger partial charge in [-0.05, 0) is 30.7 Å². The number of amides is 1. The number of hydrazine groups is 1. The summed E-state index contributed by atoms with van der Waals surface area (Å²) in [5.74, 6) is 5.04. The Balaban J connectivity index is 2.23. The number of carbonyl (C=O) groups is 1. The van der Waals surface area contributed by atoms with E-state index in [1.807, 2.05) is 13.0 Å². The molecule has 1 aromatic heterocycles. The van der Waals surface area contributed by atoms with Crippen molar-refractivity contribution in [1.82, 2.24) is 4.98 Å². The van der Waals surface area contributed by atoms with Crippen molar-refractivity contribution in [1.29, 1.82) is 0 Å². The second-order valence-corrected chi connectivity index (χ2v) is 4.39. The molecule has 0 unspecified atom stereocenters. The largest absolute Gasteiger partial charge is 0.323 e. The number of aromatic nitrogens is 1. The summed E-state index contributed by atoms with van der Waals surface area (Å²) in [5, 5.41) is 3.34. The summed E-state index contributed by atoms with van der Waals surface area (Å²) >= 11 is 6.01. The van der Waals surface area contributed by atoms with Crippen LogP contribution >= 0.6 is 11.6 Å². The molecule has 1 amide bonds. The lowest BCUT2D eigenvalue weighted by Crippen LogP contribution is -2.17. The molecule has 0 saturated heterocycles. The number of halogens is 1. The third-order valence-corrected chi connectivity index (χ3v) is 3.06. The quantitative estimate of drug-likeness (QED) is 0.595. The Morgan fingerprint density at radius 3 is 2.84 bits per heavy atom. The molecule has 0 aliphatic carbocycles. The van der Waals surface area contributed by atoms with Gasteiger partial charge in [0.25, 0.3) is 5.91 Å². The maximum absolute atomic E-state index is 12.1. The summed E-state index contributed by atoms with van der Waals surface area (Å²) in [6.07, 6.45) is 3.00. The highest BCUT2D eigenvalue weighted by Crippen LogP contribution is 2.21. The van der Waals surface area contributed by atoms with Gasteiger partial charge in [-0.3, -0.25) is 15.6 Å². The number of anilines is 2. The molecule has 0 atom stereocenters. The number of pyridine rings is 1. The Morgan fingerprint density at radius 2 is 2.16 bits per heavy atom. The molecule has 0 spiro atoms. The predicted octanol–water partition coefficient (Wildman–Crippen LogP) is 2.58. The van der Waals surface area contributed by atoms with Gasteiger partial charge in [-0.1, -0.05) is 17.7 Å². The number of aryl methyl sites for hydroxylation is 1. The molecule has 4 N–H and O–H groups in total. The maximum Gasteiger partial charge on any atom is 0.259 e. The van der Waals surface area contributed by atoms with E-state index in [-0.39, 0.29) is 5.91 Å². The molecule has 19 heavy (non-hydrogen) atoms. The van der Waals surface area contributed by atoms with Crippen LogP contribution in [0.2, 0.25) is 5.02 Å². The Hall–Kier alpha value is -2.11. The molecule has 0 aliphatic heterocycles. The molecule has 0 radical (unpaired) electrons. The van der Waals surface area contributed by atoms with Crippen LogP contribution in [0.5, 0.6) is 0 Å². The number of nitrogens with one attached hydrogen (secondary N) is 2. The molecular formula is C13H13ClN4O. The number of nitrogen functional groups attached to an aromatic ring is 1. The summed E-state index contributed by atoms with van der Waals surface area (Å²) in [7, 11) is 0. The molecule has 2 aromatic rings. The Labute approximate surface area is 115 Å². The zero-order valence-corrected chi connectivity index (χ0v) is 11.0. The van der Waals surface area contributed by atoms with Gasteiger partial charge in [0, 0.05) is 23.1 Å². The lowest BCUT2D eigenvalue weighted by molar-refractivity contribution is 0.102. The van der Waals surface area contributed by atoms with E-state index in [0.29, 0.717) is 22.0 Å². The Kier molecular flexibility index (Phi) is 3.99. The first-order chi connectivity index (χ1) is 9.11. The van der Waals surface area contributed by atoms with E-state index in [2.05, 4.69) is 15.7 Å². The molecule has 6 heteroatoms. The fraction of sp³-hybridized carbons (Fsp3) is 0.0769. The fourth-order valence-electron chi connectivity index (χ4n) is 1.57. The van der Waals surface area contributed by atoms with Crippen molar-refractivity contribution < 1.29 is 4.79 Å². The van der Waals surface area contributed by atoms with E-state index in [9.17, 15) is 4.79 Å². The minimum absolute atomic E-state index is 0.305. The zero-order chi connectivity index (χ0) is 13.8. The van der Waals surface area contributed by atoms with Crippen LogP contribution in [0.15, 0.2) is 36.7 Å². The number of hydrogen-bond acceptors (Lipinski definition) is 4. The van der Waals surface area contributed by atoms with E-state index in [4.69, 9.17) is 17.4 Å². The molecule has 0 aliphatic rings. The minimum Gasteiger partial charge on any atom is -0.323 e. The number of rotatable bonds is 3. The van der Waals surface area contributed by atoms with E-state index >= 15 is 0 Å². The van der Waals surface area contributed by atoms with Crippen molar-refractivity contribution in [3.8, 4) is 0 Å². The van der Waals surface area contributed by atoms with Gasteiger partial charge in [0.1, 0.15) is 0 Å². The van der Waals surface area contributed by atoms with Crippen molar-refractivity contribution in [3.05, 3.63) is 52.8 Å². The average Bonchev–Trinajstić information content (AvgIpc) is 2.43. The molecule has 5 nitrogen and oxygen atoms in total. The summed E-state index contributed by atoms with van der Waals surface area (Å²) in [4.78, 5) is 16.0. The van der Waals surface area contributed by atoms with Crippen LogP contribution in [-0.4, -0.2) is 10.9 Å². The van der Waals surface area contributed by atoms with Gasteiger partial charge >= 0.3 is 0 Å². The molecule has 1 aromatic carbocycles. The SMILES string of the molecule is Cc1ccc(NC(=O)c2cnccc2NN)cc1Cl. The van der Waals surface area contributed by atoms with Crippen molar-refractivity contribution in [3.63, 3.8) is 0 Å². The summed E-state index contributed by atoms with van der Waals surface area (Å²) in [5.41, 5.74) is 4.89. The predicted molar refractivity (Wildman–Crippen MR) is 76.2 cm³/mol. The highest BCUT2D eigenvalue weighted by molar-refractivity contribution is 6.31. The van der Waals surface area contributed by atoms with Gasteiger partial charge in [0.15, 0.2) is 0 Å². The lowest BCUT2D eigenvalue weighted by Gasteiger charge is -2.09. The highest BCUT2D eigenvalue weighted by atomic mass is 35.5. The number of nitrogens with two attached hydrogens (primary N) is 1. The standard InChI is InChI=1S/C13H13ClN4O/c1-8-2-3-9(6-11(8)14)17-13(19)10-7-16-5-4-12(10)18-15/h2-7H,15H2,1H3,(H,16,18)(H,17,19). The molecule has 98 valence electrons. The second kappa shape index (κ2) is 5.69. The summed E-state index contributed by atoms with van der Waals surface area (Å²) < 4.78 is 0. The molecule has 2 rings (SSSR count). The van der Waals surface area contributed by atoms with Crippen molar-refractivity contribution in [2.75, 3.05) is 10.7 Å². The van der Waals surface area contributed by atoms with Gasteiger partial charge in [0.05, 0.1) is 11.3 Å². The highest BCUT2D eigenvalue weighted by Gasteiger charge is 2.11. The zero-order valence-electron chi connectivity index (χ0n) is 10.3. The van der Waals surface area contributed by atoms with Crippen molar-refractivity contribution in [2.45, 2.75) is 6.92 Å². The van der Waals surface area contributed by atoms with Gasteiger partial charge < -0.3 is 10.7 Å². The maximum atomic E-state index is 12.1. The molecule has 0 fully saturated rings. The van der Waals surface area contributed by atoms with Crippen molar-refractivity contribution >= 4 is 28.9 Å². The first-order valence-electron chi connectivity index (χ1n) is 5.60. The Morgan fingerprint density at radius 1 is 1.37 bits per heavy atom. The first-order valence-corrected chi connectivity index (χ1v) is 5.97. The van der Waals surface area contributed by atoms with Crippen LogP contribution in [0, 0.1) is 6.92 Å². The van der Waals surface area contributed by atoms with Crippen LogP contribution in [0.1, 0.15) is 15.9 Å². The number of carbonyl (C=O) groups excluding carboxylic acids is 1. The van der Waals surface area contributed by atoms with Crippen LogP contribution in [-0.2, 0) is 0 Å². The lowest BCUT2D eigenvalue weighted by atomic mass is 10.2. The smallest absolute Gasteiger partial charge is 0.259 e. The number of benzene rings is 1. The molecular weight excluding hydrogens is 264 g/mol. The van der Waals surface area contributed by atoms with Gasteiger partial charge in [-0.15, -0.1) is 0 Å². The van der Waals surface area contributed by atoms with E-state index in [0.717, 1.165) is 5.56 Å². The van der Waals surface area contributed by atoms with Gasteiger partial charge in [0.2, 0.25) is 0 Å². The van der Waals surface area contributed by atoms with E-state index in [1.54, 1.807) is 24.4 Å². The monoisotopic (exact) mass is 276 g/mol. The third-order valence-electron chi connectivity index (χ3n) is 2.65. The van der Waals surface area contributed by atoms with Gasteiger partial charge in [-0.2, -0.15) is 0 Å². The Bertz CT molecular complexity index is 615.